The zero-order valence-electron chi connectivity index (χ0n) is 15.9. The van der Waals surface area contributed by atoms with Crippen LogP contribution >= 0.6 is 11.8 Å². The van der Waals surface area contributed by atoms with Crippen LogP contribution in [0.3, 0.4) is 0 Å². The molecule has 5 nitrogen and oxygen atoms in total. The number of nitrogens with zero attached hydrogens (tertiary/aromatic N) is 1. The van der Waals surface area contributed by atoms with Crippen molar-refractivity contribution >= 4 is 39.1 Å². The number of benzene rings is 2. The van der Waals surface area contributed by atoms with Crippen molar-refractivity contribution < 1.29 is 26.4 Å². The van der Waals surface area contributed by atoms with Crippen LogP contribution in [0.2, 0.25) is 0 Å². The molecular weight excluding hydrogens is 425 g/mol. The monoisotopic (exact) mass is 446 g/mol. The molecule has 0 unspecified atom stereocenters. The van der Waals surface area contributed by atoms with Crippen molar-refractivity contribution in [3.63, 3.8) is 0 Å². The van der Waals surface area contributed by atoms with E-state index in [1.165, 1.54) is 17.8 Å². The van der Waals surface area contributed by atoms with E-state index < -0.39 is 21.8 Å². The molecule has 2 aromatic carbocycles. The van der Waals surface area contributed by atoms with Gasteiger partial charge in [0, 0.05) is 17.9 Å². The summed E-state index contributed by atoms with van der Waals surface area (Å²) in [5, 5.41) is 2.77. The van der Waals surface area contributed by atoms with E-state index in [2.05, 4.69) is 5.32 Å². The number of carbonyl (C=O) groups excluding carboxylic acids is 1. The Morgan fingerprint density at radius 2 is 1.83 bits per heavy atom. The van der Waals surface area contributed by atoms with Crippen molar-refractivity contribution in [1.82, 2.24) is 0 Å². The summed E-state index contributed by atoms with van der Waals surface area (Å²) in [7, 11) is -3.82. The van der Waals surface area contributed by atoms with Gasteiger partial charge in [-0.1, -0.05) is 18.2 Å². The summed E-state index contributed by atoms with van der Waals surface area (Å²) < 4.78 is 63.8. The highest BCUT2D eigenvalue weighted by molar-refractivity contribution is 7.98. The molecule has 2 rings (SSSR count). The Balaban J connectivity index is 2.06. The molecule has 0 spiro atoms. The van der Waals surface area contributed by atoms with E-state index in [1.807, 2.05) is 18.4 Å². The van der Waals surface area contributed by atoms with Crippen LogP contribution in [0.25, 0.3) is 0 Å². The number of halogens is 3. The van der Waals surface area contributed by atoms with Crippen molar-refractivity contribution in [3.8, 4) is 0 Å². The molecule has 0 aliphatic heterocycles. The molecule has 0 fully saturated rings. The predicted molar refractivity (Wildman–Crippen MR) is 110 cm³/mol. The molecule has 2 aromatic rings. The highest BCUT2D eigenvalue weighted by atomic mass is 32.2. The number of nitrogens with one attached hydrogen (secondary N) is 1. The lowest BCUT2D eigenvalue weighted by Gasteiger charge is -2.23. The maximum Gasteiger partial charge on any atom is 0.416 e. The van der Waals surface area contributed by atoms with Gasteiger partial charge in [0.2, 0.25) is 15.9 Å². The zero-order valence-corrected chi connectivity index (χ0v) is 17.5. The van der Waals surface area contributed by atoms with Gasteiger partial charge < -0.3 is 5.32 Å². The van der Waals surface area contributed by atoms with E-state index in [4.69, 9.17) is 0 Å². The fourth-order valence-electron chi connectivity index (χ4n) is 2.67. The molecule has 0 heterocycles. The number of amides is 1. The molecule has 10 heteroatoms. The standard InChI is InChI=1S/C19H21F3N2O3S2/c1-28-17-10-4-3-9-16(17)23-18(25)11-6-12-24(29(2,26)27)15-8-5-7-14(13-15)19(20,21)22/h3-5,7-10,13H,6,11-12H2,1-2H3,(H,23,25). The van der Waals surface area contributed by atoms with Crippen LogP contribution in [-0.4, -0.2) is 33.4 Å². The summed E-state index contributed by atoms with van der Waals surface area (Å²) in [4.78, 5) is 13.1. The normalized spacial score (nSPS) is 11.9. The van der Waals surface area contributed by atoms with Gasteiger partial charge in [0.1, 0.15) is 0 Å². The number of alkyl halides is 3. The summed E-state index contributed by atoms with van der Waals surface area (Å²) >= 11 is 1.48. The molecule has 1 N–H and O–H groups in total. The minimum atomic E-state index is -4.58. The molecule has 1 amide bonds. The Labute approximate surface area is 172 Å². The number of rotatable bonds is 8. The van der Waals surface area contributed by atoms with Gasteiger partial charge >= 0.3 is 6.18 Å². The molecule has 0 saturated carbocycles. The van der Waals surface area contributed by atoms with Gasteiger partial charge in [-0.3, -0.25) is 9.10 Å². The van der Waals surface area contributed by atoms with E-state index in [0.717, 1.165) is 33.7 Å². The average Bonchev–Trinajstić information content (AvgIpc) is 2.64. The van der Waals surface area contributed by atoms with Crippen molar-refractivity contribution in [2.24, 2.45) is 0 Å². The van der Waals surface area contributed by atoms with E-state index >= 15 is 0 Å². The Hall–Kier alpha value is -2.20. The first-order chi connectivity index (χ1) is 13.5. The molecular formula is C19H21F3N2O3S2. The van der Waals surface area contributed by atoms with Gasteiger partial charge in [-0.05, 0) is 43.0 Å². The minimum absolute atomic E-state index is 0.0215. The van der Waals surface area contributed by atoms with Crippen LogP contribution in [0, 0.1) is 0 Å². The third-order valence-electron chi connectivity index (χ3n) is 4.01. The van der Waals surface area contributed by atoms with Crippen LogP contribution in [0.1, 0.15) is 18.4 Å². The maximum absolute atomic E-state index is 12.9. The second-order valence-corrected chi connectivity index (χ2v) is 8.99. The van der Waals surface area contributed by atoms with Crippen molar-refractivity contribution in [2.45, 2.75) is 23.9 Å². The number of hydrogen-bond donors (Lipinski definition) is 1. The number of carbonyl (C=O) groups is 1. The average molecular weight is 447 g/mol. The quantitative estimate of drug-likeness (QED) is 0.602. The van der Waals surface area contributed by atoms with Gasteiger partial charge in [-0.15, -0.1) is 11.8 Å². The SMILES string of the molecule is CSc1ccccc1NC(=O)CCCN(c1cccc(C(F)(F)F)c1)S(C)(=O)=O. The first-order valence-electron chi connectivity index (χ1n) is 8.60. The molecule has 0 aliphatic rings. The van der Waals surface area contributed by atoms with Crippen molar-refractivity contribution in [1.29, 1.82) is 0 Å². The molecule has 0 atom stereocenters. The van der Waals surface area contributed by atoms with Crippen LogP contribution in [0.4, 0.5) is 24.5 Å². The highest BCUT2D eigenvalue weighted by Gasteiger charge is 2.31. The van der Waals surface area contributed by atoms with E-state index in [-0.39, 0.29) is 31.0 Å². The Bertz CT molecular complexity index is 963. The van der Waals surface area contributed by atoms with Gasteiger partial charge in [0.15, 0.2) is 0 Å². The summed E-state index contributed by atoms with van der Waals surface area (Å²) in [6, 6.07) is 11.4. The fraction of sp³-hybridized carbons (Fsp3) is 0.316. The number of sulfonamides is 1. The number of anilines is 2. The largest absolute Gasteiger partial charge is 0.416 e. The molecule has 29 heavy (non-hydrogen) atoms. The third-order valence-corrected chi connectivity index (χ3v) is 6.00. The lowest BCUT2D eigenvalue weighted by Crippen LogP contribution is -2.31. The van der Waals surface area contributed by atoms with Crippen LogP contribution in [0.5, 0.6) is 0 Å². The van der Waals surface area contributed by atoms with Crippen molar-refractivity contribution in [3.05, 3.63) is 54.1 Å². The first-order valence-corrected chi connectivity index (χ1v) is 11.7. The van der Waals surface area contributed by atoms with E-state index in [1.54, 1.807) is 12.1 Å². The Kier molecular flexibility index (Phi) is 7.59. The van der Waals surface area contributed by atoms with E-state index in [0.29, 0.717) is 5.69 Å². The summed E-state index contributed by atoms with van der Waals surface area (Å²) in [5.41, 5.74) is -0.367. The van der Waals surface area contributed by atoms with Gasteiger partial charge in [-0.25, -0.2) is 8.42 Å². The molecule has 158 valence electrons. The molecule has 0 saturated heterocycles. The highest BCUT2D eigenvalue weighted by Crippen LogP contribution is 2.32. The topological polar surface area (TPSA) is 66.5 Å². The second-order valence-electron chi connectivity index (χ2n) is 6.24. The van der Waals surface area contributed by atoms with Gasteiger partial charge in [0.05, 0.1) is 23.2 Å². The van der Waals surface area contributed by atoms with Gasteiger partial charge in [0.25, 0.3) is 0 Å². The number of para-hydroxylation sites is 1. The lowest BCUT2D eigenvalue weighted by atomic mass is 10.2. The van der Waals surface area contributed by atoms with Gasteiger partial charge in [-0.2, -0.15) is 13.2 Å². The lowest BCUT2D eigenvalue weighted by molar-refractivity contribution is -0.137. The number of thioether (sulfide) groups is 1. The van der Waals surface area contributed by atoms with Crippen molar-refractivity contribution in [2.75, 3.05) is 28.7 Å². The zero-order chi connectivity index (χ0) is 21.7. The predicted octanol–water partition coefficient (Wildman–Crippen LogP) is 4.61. The minimum Gasteiger partial charge on any atom is -0.325 e. The Morgan fingerprint density at radius 1 is 1.14 bits per heavy atom. The Morgan fingerprint density at radius 3 is 2.45 bits per heavy atom. The summed E-state index contributed by atoms with van der Waals surface area (Å²) in [5.74, 6) is -0.302. The van der Waals surface area contributed by atoms with Crippen LogP contribution in [-0.2, 0) is 21.0 Å². The smallest absolute Gasteiger partial charge is 0.325 e. The van der Waals surface area contributed by atoms with Crippen LogP contribution < -0.4 is 9.62 Å². The molecule has 0 bridgehead atoms. The summed E-state index contributed by atoms with van der Waals surface area (Å²) in [6.45, 7) is -0.113. The molecule has 0 aliphatic carbocycles. The first kappa shape index (κ1) is 23.1. The fourth-order valence-corrected chi connectivity index (χ4v) is 4.18. The van der Waals surface area contributed by atoms with E-state index in [9.17, 15) is 26.4 Å². The third kappa shape index (κ3) is 6.67. The number of hydrogen-bond acceptors (Lipinski definition) is 4. The molecule has 0 aromatic heterocycles. The maximum atomic E-state index is 12.9. The summed E-state index contributed by atoms with van der Waals surface area (Å²) in [6.07, 6.45) is -1.61. The second kappa shape index (κ2) is 9.53. The van der Waals surface area contributed by atoms with Crippen LogP contribution in [0.15, 0.2) is 53.4 Å². The molecule has 0 radical (unpaired) electrons.